The molecule has 6 heteroatoms. The van der Waals surface area contributed by atoms with Gasteiger partial charge in [0.05, 0.1) is 34.2 Å². The maximum absolute atomic E-state index is 5.12. The molecule has 0 amide bonds. The molecule has 0 spiro atoms. The molecule has 40 heavy (non-hydrogen) atoms. The molecule has 0 bridgehead atoms. The highest BCUT2D eigenvalue weighted by Gasteiger charge is 2.15. The molecule has 6 rings (SSSR count). The number of rotatable bonds is 7. The van der Waals surface area contributed by atoms with Gasteiger partial charge in [0.15, 0.2) is 0 Å². The van der Waals surface area contributed by atoms with Crippen LogP contribution in [0.2, 0.25) is 0 Å². The number of nitrogens with zero attached hydrogens (tertiary/aromatic N) is 6. The average molecular weight is 521 g/mol. The van der Waals surface area contributed by atoms with E-state index < -0.39 is 0 Å². The molecule has 0 radical (unpaired) electrons. The molecule has 0 aliphatic rings. The minimum absolute atomic E-state index is 0.790. The van der Waals surface area contributed by atoms with Crippen molar-refractivity contribution in [1.82, 2.24) is 19.3 Å². The zero-order valence-electron chi connectivity index (χ0n) is 22.4. The van der Waals surface area contributed by atoms with Crippen LogP contribution in [0.5, 0.6) is 0 Å². The second-order valence-electron chi connectivity index (χ2n) is 9.42. The van der Waals surface area contributed by atoms with E-state index in [1.165, 1.54) is 0 Å². The largest absolute Gasteiger partial charge is 0.264 e. The summed E-state index contributed by atoms with van der Waals surface area (Å²) in [5.41, 5.74) is 9.65. The lowest BCUT2D eigenvalue weighted by Gasteiger charge is -2.12. The molecule has 0 aliphatic heterocycles. The van der Waals surface area contributed by atoms with Crippen LogP contribution in [-0.4, -0.2) is 30.7 Å². The second kappa shape index (κ2) is 11.2. The number of hydrogen-bond acceptors (Lipinski definition) is 4. The fraction of sp³-hybridized carbons (Fsp3) is 0.0588. The van der Waals surface area contributed by atoms with Gasteiger partial charge < -0.3 is 0 Å². The molecule has 0 N–H and O–H groups in total. The van der Waals surface area contributed by atoms with Gasteiger partial charge in [0.1, 0.15) is 0 Å². The van der Waals surface area contributed by atoms with Crippen molar-refractivity contribution in [3.63, 3.8) is 0 Å². The molecule has 0 fully saturated rings. The number of aromatic nitrogens is 4. The van der Waals surface area contributed by atoms with Crippen LogP contribution in [-0.2, 0) is 0 Å². The van der Waals surface area contributed by atoms with Gasteiger partial charge in [-0.3, -0.25) is 9.97 Å². The molecule has 0 atom stereocenters. The van der Waals surface area contributed by atoms with Gasteiger partial charge in [0.25, 0.3) is 0 Å². The highest BCUT2D eigenvalue weighted by Crippen LogP contribution is 2.30. The summed E-state index contributed by atoms with van der Waals surface area (Å²) in [5, 5.41) is 10.2. The molecular weight excluding hydrogens is 492 g/mol. The standard InChI is InChI=1S/C34H28N6/c1-25(37-39-31(27-11-5-3-6-12-27)17-18-32(39)28-13-7-4-8-14-28)26(2)38-40-33(29-15-9-21-35-23-29)19-20-34(40)30-16-10-22-36-24-30/h3-24H,1-2H3. The van der Waals surface area contributed by atoms with Gasteiger partial charge in [-0.05, 0) is 62.4 Å². The van der Waals surface area contributed by atoms with E-state index in [4.69, 9.17) is 10.2 Å². The third-order valence-electron chi connectivity index (χ3n) is 6.79. The van der Waals surface area contributed by atoms with E-state index in [2.05, 4.69) is 58.5 Å². The summed E-state index contributed by atoms with van der Waals surface area (Å²) in [6, 6.07) is 37.0. The molecule has 0 saturated heterocycles. The van der Waals surface area contributed by atoms with Crippen molar-refractivity contribution in [1.29, 1.82) is 0 Å². The summed E-state index contributed by atoms with van der Waals surface area (Å²) in [6.07, 6.45) is 7.25. The predicted octanol–water partition coefficient (Wildman–Crippen LogP) is 7.90. The van der Waals surface area contributed by atoms with Gasteiger partial charge in [-0.15, -0.1) is 0 Å². The fourth-order valence-corrected chi connectivity index (χ4v) is 4.64. The summed E-state index contributed by atoms with van der Waals surface area (Å²) < 4.78 is 3.97. The topological polar surface area (TPSA) is 60.4 Å². The Morgan fingerprint density at radius 1 is 0.450 bits per heavy atom. The lowest BCUT2D eigenvalue weighted by Crippen LogP contribution is -2.12. The smallest absolute Gasteiger partial charge is 0.0812 e. The summed E-state index contributed by atoms with van der Waals surface area (Å²) in [7, 11) is 0. The molecule has 4 aromatic heterocycles. The van der Waals surface area contributed by atoms with E-state index >= 15 is 0 Å². The third-order valence-corrected chi connectivity index (χ3v) is 6.79. The first-order valence-electron chi connectivity index (χ1n) is 13.2. The quantitative estimate of drug-likeness (QED) is 0.201. The van der Waals surface area contributed by atoms with Crippen LogP contribution in [0.3, 0.4) is 0 Å². The van der Waals surface area contributed by atoms with Crippen molar-refractivity contribution in [2.45, 2.75) is 13.8 Å². The van der Waals surface area contributed by atoms with Crippen molar-refractivity contribution < 1.29 is 0 Å². The van der Waals surface area contributed by atoms with E-state index in [1.807, 2.05) is 96.3 Å². The Morgan fingerprint density at radius 2 is 0.800 bits per heavy atom. The normalized spacial score (nSPS) is 12.1. The molecule has 0 aliphatic carbocycles. The first-order valence-corrected chi connectivity index (χ1v) is 13.2. The van der Waals surface area contributed by atoms with Crippen LogP contribution in [0, 0.1) is 0 Å². The zero-order valence-corrected chi connectivity index (χ0v) is 22.4. The van der Waals surface area contributed by atoms with Crippen LogP contribution < -0.4 is 0 Å². The van der Waals surface area contributed by atoms with Crippen LogP contribution in [0.1, 0.15) is 13.8 Å². The third kappa shape index (κ3) is 5.02. The van der Waals surface area contributed by atoms with Crippen molar-refractivity contribution in [3.05, 3.63) is 134 Å². The van der Waals surface area contributed by atoms with E-state index in [-0.39, 0.29) is 0 Å². The molecular formula is C34H28N6. The number of hydrogen-bond donors (Lipinski definition) is 0. The molecule has 4 heterocycles. The number of pyridine rings is 2. The van der Waals surface area contributed by atoms with Crippen molar-refractivity contribution in [3.8, 4) is 45.0 Å². The van der Waals surface area contributed by atoms with Crippen LogP contribution in [0.25, 0.3) is 45.0 Å². The molecule has 2 aromatic carbocycles. The zero-order chi connectivity index (χ0) is 27.3. The summed E-state index contributed by atoms with van der Waals surface area (Å²) >= 11 is 0. The van der Waals surface area contributed by atoms with Crippen LogP contribution >= 0.6 is 0 Å². The Bertz CT molecular complexity index is 1530. The second-order valence-corrected chi connectivity index (χ2v) is 9.42. The minimum Gasteiger partial charge on any atom is -0.264 e. The lowest BCUT2D eigenvalue weighted by atomic mass is 10.2. The lowest BCUT2D eigenvalue weighted by molar-refractivity contribution is 0.894. The fourth-order valence-electron chi connectivity index (χ4n) is 4.64. The van der Waals surface area contributed by atoms with E-state index in [0.717, 1.165) is 56.5 Å². The molecule has 0 unspecified atom stereocenters. The summed E-state index contributed by atoms with van der Waals surface area (Å²) in [4.78, 5) is 8.65. The highest BCUT2D eigenvalue weighted by atomic mass is 15.4. The van der Waals surface area contributed by atoms with Gasteiger partial charge in [-0.25, -0.2) is 9.35 Å². The van der Waals surface area contributed by atoms with Crippen LogP contribution in [0.4, 0.5) is 0 Å². The van der Waals surface area contributed by atoms with Crippen molar-refractivity contribution >= 4 is 11.4 Å². The Kier molecular flexibility index (Phi) is 6.97. The number of benzene rings is 2. The Balaban J connectivity index is 1.48. The van der Waals surface area contributed by atoms with Gasteiger partial charge >= 0.3 is 0 Å². The Morgan fingerprint density at radius 3 is 1.15 bits per heavy atom. The summed E-state index contributed by atoms with van der Waals surface area (Å²) in [5.74, 6) is 0. The highest BCUT2D eigenvalue weighted by molar-refractivity contribution is 6.40. The summed E-state index contributed by atoms with van der Waals surface area (Å²) in [6.45, 7) is 3.99. The van der Waals surface area contributed by atoms with Crippen molar-refractivity contribution in [2.24, 2.45) is 10.2 Å². The van der Waals surface area contributed by atoms with Gasteiger partial charge in [-0.1, -0.05) is 60.7 Å². The van der Waals surface area contributed by atoms with Gasteiger partial charge in [0, 0.05) is 47.0 Å². The first-order chi connectivity index (χ1) is 19.7. The van der Waals surface area contributed by atoms with E-state index in [0.29, 0.717) is 0 Å². The molecule has 0 saturated carbocycles. The first kappa shape index (κ1) is 24.9. The van der Waals surface area contributed by atoms with E-state index in [9.17, 15) is 0 Å². The molecule has 6 nitrogen and oxygen atoms in total. The van der Waals surface area contributed by atoms with Gasteiger partial charge in [-0.2, -0.15) is 10.2 Å². The average Bonchev–Trinajstić information content (AvgIpc) is 3.63. The molecule has 6 aromatic rings. The Labute approximate surface area is 233 Å². The minimum atomic E-state index is 0.790. The molecule has 194 valence electrons. The van der Waals surface area contributed by atoms with Crippen LogP contribution in [0.15, 0.2) is 144 Å². The maximum Gasteiger partial charge on any atom is 0.0812 e. The monoisotopic (exact) mass is 520 g/mol. The van der Waals surface area contributed by atoms with Gasteiger partial charge in [0.2, 0.25) is 0 Å². The Hall–Kier alpha value is -5.36. The maximum atomic E-state index is 5.12. The van der Waals surface area contributed by atoms with E-state index in [1.54, 1.807) is 12.4 Å². The van der Waals surface area contributed by atoms with Crippen molar-refractivity contribution in [2.75, 3.05) is 0 Å². The SMILES string of the molecule is CC(=Nn1c(-c2ccccc2)ccc1-c1ccccc1)C(C)=Nn1c(-c2cccnc2)ccc1-c1cccnc1. The predicted molar refractivity (Wildman–Crippen MR) is 163 cm³/mol.